The van der Waals surface area contributed by atoms with E-state index in [2.05, 4.69) is 62.3 Å². The third-order valence-electron chi connectivity index (χ3n) is 2.74. The van der Waals surface area contributed by atoms with Gasteiger partial charge in [-0.2, -0.15) is 0 Å². The van der Waals surface area contributed by atoms with E-state index in [0.717, 1.165) is 17.0 Å². The second kappa shape index (κ2) is 4.94. The number of aromatic nitrogens is 1. The predicted octanol–water partition coefficient (Wildman–Crippen LogP) is 3.54. The third kappa shape index (κ3) is 3.20. The topological polar surface area (TPSA) is 38.1 Å². The highest BCUT2D eigenvalue weighted by Crippen LogP contribution is 2.23. The standard InChI is InChI=1S/C15H20N2O/c1-11-5-7-12(8-6-11)14-13(16-10-18-14)9-17-15(2,3)4/h5-8,10,17H,9H2,1-4H3. The van der Waals surface area contributed by atoms with Crippen LogP contribution in [0.4, 0.5) is 0 Å². The van der Waals surface area contributed by atoms with Crippen molar-refractivity contribution in [2.24, 2.45) is 0 Å². The number of benzene rings is 1. The average Bonchev–Trinajstić information content (AvgIpc) is 2.75. The van der Waals surface area contributed by atoms with Crippen LogP contribution in [0.15, 0.2) is 35.1 Å². The van der Waals surface area contributed by atoms with Crippen LogP contribution >= 0.6 is 0 Å². The molecule has 0 unspecified atom stereocenters. The lowest BCUT2D eigenvalue weighted by Gasteiger charge is -2.19. The summed E-state index contributed by atoms with van der Waals surface area (Å²) in [7, 11) is 0. The summed E-state index contributed by atoms with van der Waals surface area (Å²) in [6.07, 6.45) is 1.51. The zero-order valence-electron chi connectivity index (χ0n) is 11.4. The van der Waals surface area contributed by atoms with Gasteiger partial charge in [0, 0.05) is 17.6 Å². The Labute approximate surface area is 108 Å². The van der Waals surface area contributed by atoms with Crippen LogP contribution in [-0.4, -0.2) is 10.5 Å². The van der Waals surface area contributed by atoms with Gasteiger partial charge in [0.2, 0.25) is 0 Å². The molecule has 2 rings (SSSR count). The molecule has 0 aliphatic heterocycles. The first-order valence-corrected chi connectivity index (χ1v) is 6.20. The Hall–Kier alpha value is -1.61. The largest absolute Gasteiger partial charge is 0.443 e. The van der Waals surface area contributed by atoms with E-state index in [1.807, 2.05) is 0 Å². The van der Waals surface area contributed by atoms with E-state index in [1.54, 1.807) is 0 Å². The van der Waals surface area contributed by atoms with Gasteiger partial charge in [-0.25, -0.2) is 4.98 Å². The maximum Gasteiger partial charge on any atom is 0.181 e. The molecule has 0 aliphatic carbocycles. The molecule has 0 saturated heterocycles. The Morgan fingerprint density at radius 1 is 1.17 bits per heavy atom. The van der Waals surface area contributed by atoms with Crippen molar-refractivity contribution in [3.8, 4) is 11.3 Å². The summed E-state index contributed by atoms with van der Waals surface area (Å²) < 4.78 is 5.50. The van der Waals surface area contributed by atoms with E-state index in [0.29, 0.717) is 6.54 Å². The van der Waals surface area contributed by atoms with E-state index in [9.17, 15) is 0 Å². The minimum atomic E-state index is 0.0729. The molecule has 0 fully saturated rings. The van der Waals surface area contributed by atoms with Gasteiger partial charge in [0.15, 0.2) is 12.2 Å². The van der Waals surface area contributed by atoms with Gasteiger partial charge in [0.1, 0.15) is 5.69 Å². The molecule has 0 atom stereocenters. The molecule has 96 valence electrons. The Kier molecular flexibility index (Phi) is 3.53. The number of rotatable bonds is 3. The summed E-state index contributed by atoms with van der Waals surface area (Å²) >= 11 is 0. The van der Waals surface area contributed by atoms with Crippen molar-refractivity contribution in [3.05, 3.63) is 41.9 Å². The molecule has 0 spiro atoms. The van der Waals surface area contributed by atoms with E-state index >= 15 is 0 Å². The number of aryl methyl sites for hydroxylation is 1. The molecular weight excluding hydrogens is 224 g/mol. The van der Waals surface area contributed by atoms with Crippen molar-refractivity contribution in [3.63, 3.8) is 0 Å². The predicted molar refractivity (Wildman–Crippen MR) is 73.3 cm³/mol. The summed E-state index contributed by atoms with van der Waals surface area (Å²) in [4.78, 5) is 4.29. The molecule has 18 heavy (non-hydrogen) atoms. The SMILES string of the molecule is Cc1ccc(-c2ocnc2CNC(C)(C)C)cc1. The molecule has 3 nitrogen and oxygen atoms in total. The fraction of sp³-hybridized carbons (Fsp3) is 0.400. The van der Waals surface area contributed by atoms with Crippen LogP contribution in [0.25, 0.3) is 11.3 Å². The van der Waals surface area contributed by atoms with Gasteiger partial charge in [-0.1, -0.05) is 29.8 Å². The monoisotopic (exact) mass is 244 g/mol. The van der Waals surface area contributed by atoms with Crippen molar-refractivity contribution in [1.82, 2.24) is 10.3 Å². The number of nitrogens with zero attached hydrogens (tertiary/aromatic N) is 1. The fourth-order valence-electron chi connectivity index (χ4n) is 1.68. The van der Waals surface area contributed by atoms with Crippen LogP contribution < -0.4 is 5.32 Å². The molecule has 0 saturated carbocycles. The number of hydrogen-bond acceptors (Lipinski definition) is 3. The van der Waals surface area contributed by atoms with Crippen LogP contribution in [0.3, 0.4) is 0 Å². The van der Waals surface area contributed by atoms with Gasteiger partial charge in [0.05, 0.1) is 0 Å². The molecule has 1 N–H and O–H groups in total. The maximum atomic E-state index is 5.50. The zero-order chi connectivity index (χ0) is 13.2. The quantitative estimate of drug-likeness (QED) is 0.897. The van der Waals surface area contributed by atoms with Gasteiger partial charge in [0.25, 0.3) is 0 Å². The molecule has 1 heterocycles. The van der Waals surface area contributed by atoms with Crippen molar-refractivity contribution < 1.29 is 4.42 Å². The van der Waals surface area contributed by atoms with E-state index in [-0.39, 0.29) is 5.54 Å². The smallest absolute Gasteiger partial charge is 0.181 e. The normalized spacial score (nSPS) is 11.8. The maximum absolute atomic E-state index is 5.50. The first-order valence-electron chi connectivity index (χ1n) is 6.20. The first kappa shape index (κ1) is 12.8. The average molecular weight is 244 g/mol. The molecule has 1 aromatic carbocycles. The molecule has 0 aliphatic rings. The van der Waals surface area contributed by atoms with Crippen LogP contribution in [0.1, 0.15) is 32.0 Å². The highest BCUT2D eigenvalue weighted by atomic mass is 16.3. The molecule has 0 radical (unpaired) electrons. The Bertz CT molecular complexity index is 506. The van der Waals surface area contributed by atoms with Gasteiger partial charge in [-0.3, -0.25) is 0 Å². The molecule has 0 bridgehead atoms. The minimum absolute atomic E-state index is 0.0729. The summed E-state index contributed by atoms with van der Waals surface area (Å²) in [5.74, 6) is 0.853. The van der Waals surface area contributed by atoms with Crippen molar-refractivity contribution >= 4 is 0 Å². The van der Waals surface area contributed by atoms with Crippen LogP contribution in [-0.2, 0) is 6.54 Å². The Balaban J connectivity index is 2.20. The number of hydrogen-bond donors (Lipinski definition) is 1. The minimum Gasteiger partial charge on any atom is -0.443 e. The lowest BCUT2D eigenvalue weighted by atomic mass is 10.1. The molecule has 1 aromatic heterocycles. The molecule has 2 aromatic rings. The van der Waals surface area contributed by atoms with Crippen molar-refractivity contribution in [2.45, 2.75) is 39.8 Å². The van der Waals surface area contributed by atoms with Crippen LogP contribution in [0, 0.1) is 6.92 Å². The van der Waals surface area contributed by atoms with Crippen LogP contribution in [0.2, 0.25) is 0 Å². The van der Waals surface area contributed by atoms with Gasteiger partial charge in [-0.15, -0.1) is 0 Å². The molecule has 3 heteroatoms. The van der Waals surface area contributed by atoms with Crippen molar-refractivity contribution in [1.29, 1.82) is 0 Å². The summed E-state index contributed by atoms with van der Waals surface area (Å²) in [6, 6.07) is 8.30. The van der Waals surface area contributed by atoms with Gasteiger partial charge >= 0.3 is 0 Å². The highest BCUT2D eigenvalue weighted by Gasteiger charge is 2.14. The Morgan fingerprint density at radius 3 is 2.44 bits per heavy atom. The third-order valence-corrected chi connectivity index (χ3v) is 2.74. The van der Waals surface area contributed by atoms with Gasteiger partial charge in [-0.05, 0) is 27.7 Å². The summed E-state index contributed by atoms with van der Waals surface area (Å²) in [5, 5.41) is 3.42. The summed E-state index contributed by atoms with van der Waals surface area (Å²) in [5.41, 5.74) is 3.34. The second-order valence-corrected chi connectivity index (χ2v) is 5.60. The zero-order valence-corrected chi connectivity index (χ0v) is 11.4. The number of oxazole rings is 1. The second-order valence-electron chi connectivity index (χ2n) is 5.60. The molecule has 0 amide bonds. The fourth-order valence-corrected chi connectivity index (χ4v) is 1.68. The van der Waals surface area contributed by atoms with Crippen LogP contribution in [0.5, 0.6) is 0 Å². The first-order chi connectivity index (χ1) is 8.46. The lowest BCUT2D eigenvalue weighted by molar-refractivity contribution is 0.421. The summed E-state index contributed by atoms with van der Waals surface area (Å²) in [6.45, 7) is 9.20. The van der Waals surface area contributed by atoms with Crippen molar-refractivity contribution in [2.75, 3.05) is 0 Å². The lowest BCUT2D eigenvalue weighted by Crippen LogP contribution is -2.35. The molecular formula is C15H20N2O. The van der Waals surface area contributed by atoms with E-state index < -0.39 is 0 Å². The van der Waals surface area contributed by atoms with E-state index in [1.165, 1.54) is 12.0 Å². The van der Waals surface area contributed by atoms with Gasteiger partial charge < -0.3 is 9.73 Å². The Morgan fingerprint density at radius 2 is 1.83 bits per heavy atom. The highest BCUT2D eigenvalue weighted by molar-refractivity contribution is 5.59. The van der Waals surface area contributed by atoms with E-state index in [4.69, 9.17) is 4.42 Å². The number of nitrogens with one attached hydrogen (secondary N) is 1.